The average Bonchev–Trinajstić information content (AvgIpc) is 3.09. The second kappa shape index (κ2) is 7.74. The number of thiazole rings is 1. The van der Waals surface area contributed by atoms with Crippen LogP contribution in [0.25, 0.3) is 0 Å². The number of anilines is 2. The van der Waals surface area contributed by atoms with Crippen LogP contribution in [-0.4, -0.2) is 9.19 Å². The second-order valence-electron chi connectivity index (χ2n) is 4.81. The average molecular weight is 382 g/mol. The van der Waals surface area contributed by atoms with Gasteiger partial charge in [0.2, 0.25) is 0 Å². The Morgan fingerprint density at radius 2 is 2.04 bits per heavy atom. The summed E-state index contributed by atoms with van der Waals surface area (Å²) in [5.74, 6) is -0.600. The largest absolute Gasteiger partial charge is 0.380 e. The van der Waals surface area contributed by atoms with Gasteiger partial charge in [-0.3, -0.25) is 4.72 Å². The maximum Gasteiger partial charge on any atom is 0.194 e. The van der Waals surface area contributed by atoms with E-state index in [9.17, 15) is 8.60 Å². The molecule has 1 aromatic heterocycles. The molecule has 0 spiro atoms. The zero-order valence-electron chi connectivity index (χ0n) is 12.3. The SMILES string of the molecule is O=S(Nc1nccs1)c1cc(Cl)c(NCc2ccccc2)cc1F. The van der Waals surface area contributed by atoms with E-state index in [1.807, 2.05) is 30.3 Å². The number of nitrogens with zero attached hydrogens (tertiary/aromatic N) is 1. The van der Waals surface area contributed by atoms with Crippen molar-refractivity contribution < 1.29 is 8.60 Å². The number of hydrogen-bond acceptors (Lipinski definition) is 4. The van der Waals surface area contributed by atoms with Crippen LogP contribution in [0.1, 0.15) is 5.56 Å². The van der Waals surface area contributed by atoms with Crippen LogP contribution in [0.4, 0.5) is 15.2 Å². The predicted molar refractivity (Wildman–Crippen MR) is 97.3 cm³/mol. The van der Waals surface area contributed by atoms with E-state index in [0.29, 0.717) is 22.4 Å². The minimum Gasteiger partial charge on any atom is -0.380 e. The fraction of sp³-hybridized carbons (Fsp3) is 0.0625. The molecule has 1 heterocycles. The first-order chi connectivity index (χ1) is 11.6. The third kappa shape index (κ3) is 4.11. The number of nitrogens with one attached hydrogen (secondary N) is 2. The van der Waals surface area contributed by atoms with Gasteiger partial charge in [-0.2, -0.15) is 0 Å². The maximum absolute atomic E-state index is 14.3. The summed E-state index contributed by atoms with van der Waals surface area (Å²) in [6.45, 7) is 0.514. The summed E-state index contributed by atoms with van der Waals surface area (Å²) in [6.07, 6.45) is 1.57. The molecule has 1 unspecified atom stereocenters. The molecule has 8 heteroatoms. The van der Waals surface area contributed by atoms with Gasteiger partial charge in [-0.1, -0.05) is 41.9 Å². The Labute approximate surface area is 150 Å². The molecule has 4 nitrogen and oxygen atoms in total. The van der Waals surface area contributed by atoms with Crippen LogP contribution >= 0.6 is 22.9 Å². The molecule has 2 aromatic carbocycles. The lowest BCUT2D eigenvalue weighted by atomic mass is 10.2. The lowest BCUT2D eigenvalue weighted by molar-refractivity contribution is 0.596. The molecular formula is C16H13ClFN3OS2. The number of benzene rings is 2. The van der Waals surface area contributed by atoms with E-state index in [4.69, 9.17) is 11.6 Å². The van der Waals surface area contributed by atoms with Gasteiger partial charge in [-0.25, -0.2) is 13.6 Å². The Morgan fingerprint density at radius 3 is 2.75 bits per heavy atom. The highest BCUT2D eigenvalue weighted by Crippen LogP contribution is 2.28. The zero-order valence-corrected chi connectivity index (χ0v) is 14.7. The van der Waals surface area contributed by atoms with Gasteiger partial charge in [0, 0.05) is 18.1 Å². The van der Waals surface area contributed by atoms with E-state index < -0.39 is 16.8 Å². The fourth-order valence-electron chi connectivity index (χ4n) is 2.01. The number of aromatic nitrogens is 1. The van der Waals surface area contributed by atoms with E-state index >= 15 is 0 Å². The van der Waals surface area contributed by atoms with Gasteiger partial charge in [0.05, 0.1) is 15.6 Å². The van der Waals surface area contributed by atoms with Crippen molar-refractivity contribution in [2.45, 2.75) is 11.4 Å². The summed E-state index contributed by atoms with van der Waals surface area (Å²) < 4.78 is 29.2. The van der Waals surface area contributed by atoms with E-state index in [0.717, 1.165) is 5.56 Å². The summed E-state index contributed by atoms with van der Waals surface area (Å²) in [6, 6.07) is 12.3. The van der Waals surface area contributed by atoms with Crippen molar-refractivity contribution in [3.63, 3.8) is 0 Å². The molecule has 3 aromatic rings. The highest BCUT2D eigenvalue weighted by molar-refractivity contribution is 7.86. The third-order valence-electron chi connectivity index (χ3n) is 3.16. The molecule has 3 rings (SSSR count). The molecule has 24 heavy (non-hydrogen) atoms. The summed E-state index contributed by atoms with van der Waals surface area (Å²) in [5.41, 5.74) is 1.50. The molecule has 0 aliphatic carbocycles. The number of rotatable bonds is 6. The monoisotopic (exact) mass is 381 g/mol. The van der Waals surface area contributed by atoms with Crippen LogP contribution in [-0.2, 0) is 17.5 Å². The van der Waals surface area contributed by atoms with Gasteiger partial charge >= 0.3 is 0 Å². The lowest BCUT2D eigenvalue weighted by Crippen LogP contribution is -2.08. The molecule has 0 amide bonds. The highest BCUT2D eigenvalue weighted by atomic mass is 35.5. The molecule has 2 N–H and O–H groups in total. The molecule has 0 bridgehead atoms. The van der Waals surface area contributed by atoms with Crippen LogP contribution in [0.2, 0.25) is 5.02 Å². The summed E-state index contributed by atoms with van der Waals surface area (Å²) in [7, 11) is -1.77. The molecule has 0 saturated carbocycles. The van der Waals surface area contributed by atoms with Gasteiger partial charge < -0.3 is 5.32 Å². The molecule has 0 fully saturated rings. The standard InChI is InChI=1S/C16H13ClFN3OS2/c17-12-8-15(24(22)21-16-19-6-7-23-16)13(18)9-14(12)20-10-11-4-2-1-3-5-11/h1-9,20H,10H2,(H,19,21). The zero-order chi connectivity index (χ0) is 16.9. The first-order valence-corrected chi connectivity index (χ1v) is 9.39. The van der Waals surface area contributed by atoms with Crippen molar-refractivity contribution in [2.75, 3.05) is 10.0 Å². The molecule has 0 aliphatic heterocycles. The van der Waals surface area contributed by atoms with Gasteiger partial charge in [0.25, 0.3) is 0 Å². The fourth-order valence-corrected chi connectivity index (χ4v) is 3.88. The van der Waals surface area contributed by atoms with E-state index in [2.05, 4.69) is 15.0 Å². The third-order valence-corrected chi connectivity index (χ3v) is 5.38. The molecule has 1 atom stereocenters. The van der Waals surface area contributed by atoms with Crippen LogP contribution in [0, 0.1) is 5.82 Å². The van der Waals surface area contributed by atoms with Crippen molar-refractivity contribution in [3.05, 3.63) is 70.4 Å². The molecular weight excluding hydrogens is 369 g/mol. The van der Waals surface area contributed by atoms with E-state index in [-0.39, 0.29) is 4.90 Å². The van der Waals surface area contributed by atoms with Crippen molar-refractivity contribution in [1.29, 1.82) is 0 Å². The van der Waals surface area contributed by atoms with Crippen molar-refractivity contribution >= 4 is 44.7 Å². The van der Waals surface area contributed by atoms with Crippen LogP contribution < -0.4 is 10.0 Å². The van der Waals surface area contributed by atoms with E-state index in [1.54, 1.807) is 11.6 Å². The normalized spacial score (nSPS) is 11.9. The Hall–Kier alpha value is -1.96. The van der Waals surface area contributed by atoms with Crippen molar-refractivity contribution in [2.24, 2.45) is 0 Å². The Bertz CT molecular complexity index is 844. The predicted octanol–water partition coefficient (Wildman–Crippen LogP) is 4.68. The van der Waals surface area contributed by atoms with Crippen molar-refractivity contribution in [1.82, 2.24) is 4.98 Å². The van der Waals surface area contributed by atoms with Crippen molar-refractivity contribution in [3.8, 4) is 0 Å². The maximum atomic E-state index is 14.3. The van der Waals surface area contributed by atoms with Crippen LogP contribution in [0.15, 0.2) is 58.9 Å². The first-order valence-electron chi connectivity index (χ1n) is 6.98. The van der Waals surface area contributed by atoms with Gasteiger partial charge in [-0.15, -0.1) is 11.3 Å². The first kappa shape index (κ1) is 16.9. The quantitative estimate of drug-likeness (QED) is 0.651. The topological polar surface area (TPSA) is 54.0 Å². The number of halogens is 2. The molecule has 0 saturated heterocycles. The molecule has 0 aliphatic rings. The van der Waals surface area contributed by atoms with Crippen LogP contribution in [0.5, 0.6) is 0 Å². The smallest absolute Gasteiger partial charge is 0.194 e. The minimum absolute atomic E-state index is 0.0135. The number of hydrogen-bond donors (Lipinski definition) is 2. The van der Waals surface area contributed by atoms with E-state index in [1.165, 1.54) is 23.5 Å². The summed E-state index contributed by atoms with van der Waals surface area (Å²) in [4.78, 5) is 3.95. The van der Waals surface area contributed by atoms with Gasteiger partial charge in [0.1, 0.15) is 5.82 Å². The molecule has 0 radical (unpaired) electrons. The lowest BCUT2D eigenvalue weighted by Gasteiger charge is -2.11. The highest BCUT2D eigenvalue weighted by Gasteiger charge is 2.15. The van der Waals surface area contributed by atoms with Crippen LogP contribution in [0.3, 0.4) is 0 Å². The summed E-state index contributed by atoms with van der Waals surface area (Å²) in [5, 5.41) is 5.57. The minimum atomic E-state index is -1.77. The van der Waals surface area contributed by atoms with Gasteiger partial charge in [0.15, 0.2) is 16.1 Å². The Balaban J connectivity index is 1.74. The Morgan fingerprint density at radius 1 is 1.25 bits per heavy atom. The second-order valence-corrected chi connectivity index (χ2v) is 7.29. The molecule has 124 valence electrons. The Kier molecular flexibility index (Phi) is 5.44. The van der Waals surface area contributed by atoms with Gasteiger partial charge in [-0.05, 0) is 17.7 Å². The summed E-state index contributed by atoms with van der Waals surface area (Å²) >= 11 is 7.47.